The molecule has 3 aromatic carbocycles. The quantitative estimate of drug-likeness (QED) is 0.116. The summed E-state index contributed by atoms with van der Waals surface area (Å²) in [5, 5.41) is 0. The van der Waals surface area contributed by atoms with E-state index in [9.17, 15) is 0 Å². The topological polar surface area (TPSA) is 46.2 Å². The fourth-order valence-electron chi connectivity index (χ4n) is 4.77. The van der Waals surface area contributed by atoms with Crippen LogP contribution in [0.5, 0.6) is 28.7 Å². The van der Waals surface area contributed by atoms with Crippen LogP contribution in [0.15, 0.2) is 54.6 Å². The lowest BCUT2D eigenvalue weighted by molar-refractivity contribution is 0.173. The highest BCUT2D eigenvalue weighted by molar-refractivity contribution is 7.80. The van der Waals surface area contributed by atoms with Crippen LogP contribution in [0.1, 0.15) is 63.0 Å². The minimum atomic E-state index is 0.230. The van der Waals surface area contributed by atoms with Gasteiger partial charge in [-0.15, -0.1) is 0 Å². The van der Waals surface area contributed by atoms with Crippen LogP contribution in [0, 0.1) is 0 Å². The summed E-state index contributed by atoms with van der Waals surface area (Å²) in [5.74, 6) is 4.90. The molecule has 0 aliphatic carbocycles. The molecule has 1 aliphatic rings. The summed E-state index contributed by atoms with van der Waals surface area (Å²) in [7, 11) is 0. The molecule has 0 amide bonds. The summed E-state index contributed by atoms with van der Waals surface area (Å²) in [6, 6.07) is 18.5. The highest BCUT2D eigenvalue weighted by Crippen LogP contribution is 2.39. The number of fused-ring (bicyclic) bond motifs is 1. The largest absolute Gasteiger partial charge is 0.492 e. The van der Waals surface area contributed by atoms with Crippen molar-refractivity contribution in [1.29, 1.82) is 0 Å². The molecule has 0 saturated carbocycles. The molecule has 0 atom stereocenters. The smallest absolute Gasteiger partial charge is 0.231 e. The van der Waals surface area contributed by atoms with E-state index < -0.39 is 0 Å². The van der Waals surface area contributed by atoms with Crippen LogP contribution >= 0.6 is 25.3 Å². The van der Waals surface area contributed by atoms with E-state index in [2.05, 4.69) is 62.5 Å². The molecule has 0 saturated heterocycles. The molecular formula is C33H42O5S2. The van der Waals surface area contributed by atoms with E-state index in [-0.39, 0.29) is 6.79 Å². The van der Waals surface area contributed by atoms with E-state index in [0.717, 1.165) is 40.4 Å². The van der Waals surface area contributed by atoms with E-state index in [4.69, 9.17) is 23.7 Å². The number of benzene rings is 3. The van der Waals surface area contributed by atoms with Gasteiger partial charge in [-0.25, -0.2) is 0 Å². The van der Waals surface area contributed by atoms with Crippen molar-refractivity contribution >= 4 is 25.3 Å². The van der Waals surface area contributed by atoms with Crippen LogP contribution in [-0.2, 0) is 13.0 Å². The molecule has 0 bridgehead atoms. The SMILES string of the molecule is CCCCCCCCCc1ccc(-c2cc(OCCS)c(COc3ccc4c(c3)OCO4)cc2OCCS)cc1. The molecule has 0 aromatic heterocycles. The Hall–Kier alpha value is -2.64. The number of hydrogen-bond acceptors (Lipinski definition) is 7. The van der Waals surface area contributed by atoms with Crippen LogP contribution in [0.2, 0.25) is 0 Å². The third-order valence-electron chi connectivity index (χ3n) is 6.93. The number of aryl methyl sites for hydroxylation is 1. The van der Waals surface area contributed by atoms with Gasteiger partial charge in [0.15, 0.2) is 11.5 Å². The third-order valence-corrected chi connectivity index (χ3v) is 7.30. The summed E-state index contributed by atoms with van der Waals surface area (Å²) in [6.45, 7) is 3.81. The molecular weight excluding hydrogens is 540 g/mol. The number of ether oxygens (including phenoxy) is 5. The van der Waals surface area contributed by atoms with Gasteiger partial charge in [-0.3, -0.25) is 0 Å². The normalized spacial score (nSPS) is 12.0. The highest BCUT2D eigenvalue weighted by atomic mass is 32.1. The fraction of sp³-hybridized carbons (Fsp3) is 0.455. The zero-order valence-electron chi connectivity index (χ0n) is 23.5. The molecule has 1 heterocycles. The minimum absolute atomic E-state index is 0.230. The summed E-state index contributed by atoms with van der Waals surface area (Å²) in [5.41, 5.74) is 4.35. The Morgan fingerprint density at radius 3 is 2.15 bits per heavy atom. The number of thiol groups is 2. The maximum absolute atomic E-state index is 6.16. The molecule has 0 N–H and O–H groups in total. The van der Waals surface area contributed by atoms with Crippen molar-refractivity contribution in [1.82, 2.24) is 0 Å². The first-order chi connectivity index (χ1) is 19.7. The molecule has 1 aliphatic heterocycles. The summed E-state index contributed by atoms with van der Waals surface area (Å²) in [6.07, 6.45) is 10.4. The molecule has 4 rings (SSSR count). The van der Waals surface area contributed by atoms with Crippen LogP contribution in [-0.4, -0.2) is 31.5 Å². The summed E-state index contributed by atoms with van der Waals surface area (Å²) < 4.78 is 29.3. The van der Waals surface area contributed by atoms with Crippen molar-refractivity contribution < 1.29 is 23.7 Å². The third kappa shape index (κ3) is 8.93. The van der Waals surface area contributed by atoms with Gasteiger partial charge in [-0.2, -0.15) is 25.3 Å². The van der Waals surface area contributed by atoms with Crippen LogP contribution < -0.4 is 23.7 Å². The first-order valence-corrected chi connectivity index (χ1v) is 15.7. The van der Waals surface area contributed by atoms with E-state index in [1.165, 1.54) is 50.5 Å². The number of rotatable bonds is 18. The molecule has 40 heavy (non-hydrogen) atoms. The van der Waals surface area contributed by atoms with E-state index in [0.29, 0.717) is 42.8 Å². The van der Waals surface area contributed by atoms with Crippen molar-refractivity contribution in [3.8, 4) is 39.9 Å². The zero-order chi connectivity index (χ0) is 28.0. The standard InChI is InChI=1S/C33H42O5S2/c1-2-3-4-5-6-7-8-9-25-10-12-26(13-11-25)29-22-31(34-16-18-39)27(20-32(29)35-17-19-40)23-36-28-14-15-30-33(21-28)38-24-37-30/h10-15,20-22,39-40H,2-9,16-19,23-24H2,1H3. The van der Waals surface area contributed by atoms with Gasteiger partial charge in [0.2, 0.25) is 6.79 Å². The molecule has 0 radical (unpaired) electrons. The summed E-state index contributed by atoms with van der Waals surface area (Å²) in [4.78, 5) is 0. The average Bonchev–Trinajstić information content (AvgIpc) is 3.46. The van der Waals surface area contributed by atoms with E-state index >= 15 is 0 Å². The first-order valence-electron chi connectivity index (χ1n) is 14.5. The Morgan fingerprint density at radius 1 is 0.700 bits per heavy atom. The maximum atomic E-state index is 6.16. The zero-order valence-corrected chi connectivity index (χ0v) is 25.3. The molecule has 3 aromatic rings. The monoisotopic (exact) mass is 582 g/mol. The van der Waals surface area contributed by atoms with Crippen LogP contribution in [0.3, 0.4) is 0 Å². The number of hydrogen-bond donors (Lipinski definition) is 2. The first kappa shape index (κ1) is 30.3. The van der Waals surface area contributed by atoms with E-state index in [1.54, 1.807) is 0 Å². The van der Waals surface area contributed by atoms with Gasteiger partial charge >= 0.3 is 0 Å². The van der Waals surface area contributed by atoms with Gasteiger partial charge in [-0.1, -0.05) is 69.7 Å². The molecule has 0 spiro atoms. The van der Waals surface area contributed by atoms with Gasteiger partial charge in [0, 0.05) is 28.7 Å². The van der Waals surface area contributed by atoms with Gasteiger partial charge in [0.05, 0.1) is 13.2 Å². The molecule has 0 fully saturated rings. The van der Waals surface area contributed by atoms with Crippen molar-refractivity contribution in [2.24, 2.45) is 0 Å². The Kier molecular flexibility index (Phi) is 12.6. The molecule has 216 valence electrons. The Balaban J connectivity index is 1.48. The van der Waals surface area contributed by atoms with Gasteiger partial charge < -0.3 is 23.7 Å². The fourth-order valence-corrected chi connectivity index (χ4v) is 4.95. The molecule has 7 heteroatoms. The van der Waals surface area contributed by atoms with Gasteiger partial charge in [-0.05, 0) is 48.2 Å². The van der Waals surface area contributed by atoms with Crippen LogP contribution in [0.4, 0.5) is 0 Å². The lowest BCUT2D eigenvalue weighted by atomic mass is 9.98. The highest BCUT2D eigenvalue weighted by Gasteiger charge is 2.17. The molecule has 0 unspecified atom stereocenters. The second kappa shape index (κ2) is 16.6. The lowest BCUT2D eigenvalue weighted by Gasteiger charge is -2.18. The summed E-state index contributed by atoms with van der Waals surface area (Å²) >= 11 is 8.70. The van der Waals surface area contributed by atoms with Crippen LogP contribution in [0.25, 0.3) is 11.1 Å². The van der Waals surface area contributed by atoms with Crippen molar-refractivity contribution in [3.05, 3.63) is 65.7 Å². The Bertz CT molecular complexity index is 1180. The van der Waals surface area contributed by atoms with Crippen molar-refractivity contribution in [2.75, 3.05) is 31.5 Å². The minimum Gasteiger partial charge on any atom is -0.492 e. The molecule has 5 nitrogen and oxygen atoms in total. The maximum Gasteiger partial charge on any atom is 0.231 e. The van der Waals surface area contributed by atoms with Crippen molar-refractivity contribution in [2.45, 2.75) is 64.9 Å². The number of unbranched alkanes of at least 4 members (excludes halogenated alkanes) is 6. The van der Waals surface area contributed by atoms with Crippen molar-refractivity contribution in [3.63, 3.8) is 0 Å². The Morgan fingerprint density at radius 2 is 1.40 bits per heavy atom. The Labute approximate surface area is 250 Å². The van der Waals surface area contributed by atoms with E-state index in [1.807, 2.05) is 24.3 Å². The predicted molar refractivity (Wildman–Crippen MR) is 169 cm³/mol. The lowest BCUT2D eigenvalue weighted by Crippen LogP contribution is -2.07. The average molecular weight is 583 g/mol. The van der Waals surface area contributed by atoms with Gasteiger partial charge in [0.25, 0.3) is 0 Å². The predicted octanol–water partition coefficient (Wildman–Crippen LogP) is 8.57. The van der Waals surface area contributed by atoms with Gasteiger partial charge in [0.1, 0.15) is 23.9 Å². The second-order valence-corrected chi connectivity index (χ2v) is 10.9. The second-order valence-electron chi connectivity index (χ2n) is 9.97.